The number of carbonyl (C=O) groups is 1. The maximum absolute atomic E-state index is 11.8. The van der Waals surface area contributed by atoms with E-state index in [2.05, 4.69) is 5.32 Å². The van der Waals surface area contributed by atoms with Crippen molar-refractivity contribution in [2.75, 3.05) is 18.4 Å². The lowest BCUT2D eigenvalue weighted by atomic mass is 10.1. The summed E-state index contributed by atoms with van der Waals surface area (Å²) < 4.78 is 5.30. The summed E-state index contributed by atoms with van der Waals surface area (Å²) in [5, 5.41) is 4.51. The van der Waals surface area contributed by atoms with Crippen molar-refractivity contribution in [1.29, 1.82) is 0 Å². The summed E-state index contributed by atoms with van der Waals surface area (Å²) in [5.41, 5.74) is 0.319. The number of nitrogens with one attached hydrogen (secondary N) is 1. The fraction of sp³-hybridized carbons (Fsp3) is 0.500. The van der Waals surface area contributed by atoms with Gasteiger partial charge in [0.1, 0.15) is 5.60 Å². The summed E-state index contributed by atoms with van der Waals surface area (Å²) in [6.07, 6.45) is -0.284. The van der Waals surface area contributed by atoms with Gasteiger partial charge < -0.3 is 15.0 Å². The summed E-state index contributed by atoms with van der Waals surface area (Å²) in [5.74, 6) is 0. The Balaban J connectivity index is 1.85. The molecule has 6 heteroatoms. The highest BCUT2D eigenvalue weighted by Gasteiger charge is 2.33. The van der Waals surface area contributed by atoms with Crippen LogP contribution in [0.3, 0.4) is 0 Å². The molecule has 0 saturated carbocycles. The lowest BCUT2D eigenvalue weighted by molar-refractivity contribution is 0.0105. The molecule has 0 aromatic heterocycles. The van der Waals surface area contributed by atoms with E-state index in [1.54, 1.807) is 23.1 Å². The Morgan fingerprint density at radius 1 is 1.35 bits per heavy atom. The summed E-state index contributed by atoms with van der Waals surface area (Å²) in [7, 11) is 0. The van der Waals surface area contributed by atoms with Crippen molar-refractivity contribution in [3.05, 3.63) is 28.2 Å². The van der Waals surface area contributed by atoms with Gasteiger partial charge in [-0.15, -0.1) is 0 Å². The van der Waals surface area contributed by atoms with Crippen LogP contribution in [0.1, 0.15) is 20.8 Å². The predicted octanol–water partition coefficient (Wildman–Crippen LogP) is 4.02. The minimum absolute atomic E-state index is 0.165. The molecule has 0 spiro atoms. The van der Waals surface area contributed by atoms with E-state index in [9.17, 15) is 4.79 Å². The average Bonchev–Trinajstić information content (AvgIpc) is 2.24. The van der Waals surface area contributed by atoms with Gasteiger partial charge in [-0.1, -0.05) is 23.2 Å². The van der Waals surface area contributed by atoms with E-state index < -0.39 is 5.60 Å². The zero-order chi connectivity index (χ0) is 14.9. The summed E-state index contributed by atoms with van der Waals surface area (Å²) >= 11 is 12.0. The number of benzene rings is 1. The summed E-state index contributed by atoms with van der Waals surface area (Å²) in [4.78, 5) is 13.4. The molecule has 1 heterocycles. The van der Waals surface area contributed by atoms with Gasteiger partial charge >= 0.3 is 6.09 Å². The van der Waals surface area contributed by atoms with Crippen LogP contribution in [-0.4, -0.2) is 35.7 Å². The van der Waals surface area contributed by atoms with Crippen LogP contribution in [0.2, 0.25) is 10.0 Å². The summed E-state index contributed by atoms with van der Waals surface area (Å²) in [6.45, 7) is 6.75. The SMILES string of the molecule is CC(C)(C)OC(=O)N1CC(Nc2cc(Cl)ccc2Cl)C1. The average molecular weight is 317 g/mol. The van der Waals surface area contributed by atoms with Crippen LogP contribution in [0.25, 0.3) is 0 Å². The Labute approximate surface area is 129 Å². The first kappa shape index (κ1) is 15.3. The van der Waals surface area contributed by atoms with Crippen molar-refractivity contribution in [2.24, 2.45) is 0 Å². The third kappa shape index (κ3) is 3.93. The van der Waals surface area contributed by atoms with Crippen LogP contribution in [0.4, 0.5) is 10.5 Å². The molecular weight excluding hydrogens is 299 g/mol. The number of hydrogen-bond donors (Lipinski definition) is 1. The fourth-order valence-corrected chi connectivity index (χ4v) is 2.22. The molecule has 110 valence electrons. The Bertz CT molecular complexity index is 508. The van der Waals surface area contributed by atoms with Gasteiger partial charge in [0, 0.05) is 18.1 Å². The first-order valence-electron chi connectivity index (χ1n) is 6.44. The van der Waals surface area contributed by atoms with E-state index >= 15 is 0 Å². The van der Waals surface area contributed by atoms with Crippen molar-refractivity contribution in [3.8, 4) is 0 Å². The Morgan fingerprint density at radius 2 is 2.00 bits per heavy atom. The number of carbonyl (C=O) groups excluding carboxylic acids is 1. The maximum Gasteiger partial charge on any atom is 0.410 e. The van der Waals surface area contributed by atoms with Gasteiger partial charge in [0.15, 0.2) is 0 Å². The smallest absolute Gasteiger partial charge is 0.410 e. The molecule has 1 aromatic carbocycles. The van der Waals surface area contributed by atoms with Crippen molar-refractivity contribution < 1.29 is 9.53 Å². The normalized spacial score (nSPS) is 15.8. The predicted molar refractivity (Wildman–Crippen MR) is 81.7 cm³/mol. The fourth-order valence-electron chi connectivity index (χ4n) is 1.87. The van der Waals surface area contributed by atoms with E-state index in [-0.39, 0.29) is 12.1 Å². The topological polar surface area (TPSA) is 41.6 Å². The molecule has 4 nitrogen and oxygen atoms in total. The highest BCUT2D eigenvalue weighted by atomic mass is 35.5. The van der Waals surface area contributed by atoms with Gasteiger partial charge in [0.2, 0.25) is 0 Å². The van der Waals surface area contributed by atoms with Gasteiger partial charge in [0.25, 0.3) is 0 Å². The standard InChI is InChI=1S/C14H18Cl2N2O2/c1-14(2,3)20-13(19)18-7-10(8-18)17-12-6-9(15)4-5-11(12)16/h4-6,10,17H,7-8H2,1-3H3. The minimum Gasteiger partial charge on any atom is -0.444 e. The zero-order valence-electron chi connectivity index (χ0n) is 11.7. The molecule has 2 rings (SSSR count). The molecule has 1 aliphatic rings. The lowest BCUT2D eigenvalue weighted by Gasteiger charge is -2.40. The van der Waals surface area contributed by atoms with Gasteiger partial charge in [-0.25, -0.2) is 4.79 Å². The molecular formula is C14H18Cl2N2O2. The van der Waals surface area contributed by atoms with Crippen molar-refractivity contribution >= 4 is 35.0 Å². The Kier molecular flexibility index (Phi) is 4.35. The van der Waals surface area contributed by atoms with Crippen LogP contribution >= 0.6 is 23.2 Å². The third-order valence-electron chi connectivity index (χ3n) is 2.82. The molecule has 0 bridgehead atoms. The van der Waals surface area contributed by atoms with Crippen molar-refractivity contribution in [1.82, 2.24) is 4.90 Å². The second-order valence-corrected chi connectivity index (χ2v) is 6.69. The van der Waals surface area contributed by atoms with Crippen LogP contribution in [0, 0.1) is 0 Å². The van der Waals surface area contributed by atoms with Crippen LogP contribution in [0.5, 0.6) is 0 Å². The Hall–Kier alpha value is -1.13. The van der Waals surface area contributed by atoms with Crippen LogP contribution in [-0.2, 0) is 4.74 Å². The van der Waals surface area contributed by atoms with E-state index in [0.717, 1.165) is 5.69 Å². The van der Waals surface area contributed by atoms with Gasteiger partial charge in [-0.3, -0.25) is 0 Å². The number of anilines is 1. The molecule has 20 heavy (non-hydrogen) atoms. The first-order chi connectivity index (χ1) is 9.24. The molecule has 1 amide bonds. The number of ether oxygens (including phenoxy) is 1. The second-order valence-electron chi connectivity index (χ2n) is 5.85. The molecule has 1 aromatic rings. The maximum atomic E-state index is 11.8. The monoisotopic (exact) mass is 316 g/mol. The second kappa shape index (κ2) is 5.70. The van der Waals surface area contributed by atoms with Crippen molar-refractivity contribution in [3.63, 3.8) is 0 Å². The van der Waals surface area contributed by atoms with Gasteiger partial charge in [-0.05, 0) is 39.0 Å². The highest BCUT2D eigenvalue weighted by Crippen LogP contribution is 2.27. The molecule has 0 aliphatic carbocycles. The third-order valence-corrected chi connectivity index (χ3v) is 3.39. The molecule has 1 aliphatic heterocycles. The van der Waals surface area contributed by atoms with Gasteiger partial charge in [-0.2, -0.15) is 0 Å². The van der Waals surface area contributed by atoms with E-state index in [4.69, 9.17) is 27.9 Å². The number of halogens is 2. The van der Waals surface area contributed by atoms with Gasteiger partial charge in [0.05, 0.1) is 16.8 Å². The van der Waals surface area contributed by atoms with Crippen LogP contribution in [0.15, 0.2) is 18.2 Å². The molecule has 0 unspecified atom stereocenters. The number of likely N-dealkylation sites (tertiary alicyclic amines) is 1. The highest BCUT2D eigenvalue weighted by molar-refractivity contribution is 6.35. The molecule has 0 radical (unpaired) electrons. The molecule has 1 saturated heterocycles. The van der Waals surface area contributed by atoms with Crippen molar-refractivity contribution in [2.45, 2.75) is 32.4 Å². The number of hydrogen-bond acceptors (Lipinski definition) is 3. The number of amides is 1. The number of nitrogens with zero attached hydrogens (tertiary/aromatic N) is 1. The molecule has 0 atom stereocenters. The van der Waals surface area contributed by atoms with Crippen LogP contribution < -0.4 is 5.32 Å². The van der Waals surface area contributed by atoms with E-state index in [0.29, 0.717) is 23.1 Å². The number of rotatable bonds is 2. The minimum atomic E-state index is -0.466. The van der Waals surface area contributed by atoms with E-state index in [1.807, 2.05) is 20.8 Å². The zero-order valence-corrected chi connectivity index (χ0v) is 13.3. The lowest BCUT2D eigenvalue weighted by Crippen LogP contribution is -2.57. The van der Waals surface area contributed by atoms with E-state index in [1.165, 1.54) is 0 Å². The molecule has 1 N–H and O–H groups in total. The first-order valence-corrected chi connectivity index (χ1v) is 7.20. The quantitative estimate of drug-likeness (QED) is 0.895. The Morgan fingerprint density at radius 3 is 2.60 bits per heavy atom. The molecule has 1 fully saturated rings. The summed E-state index contributed by atoms with van der Waals surface area (Å²) in [6, 6.07) is 5.43. The largest absolute Gasteiger partial charge is 0.444 e.